The fourth-order valence-electron chi connectivity index (χ4n) is 2.82. The summed E-state index contributed by atoms with van der Waals surface area (Å²) in [6.45, 7) is 3.97. The number of aromatic nitrogens is 2. The van der Waals surface area contributed by atoms with Crippen molar-refractivity contribution in [3.63, 3.8) is 0 Å². The third-order valence-electron chi connectivity index (χ3n) is 3.73. The van der Waals surface area contributed by atoms with Gasteiger partial charge in [-0.2, -0.15) is 5.10 Å². The molecule has 1 aromatic rings. The van der Waals surface area contributed by atoms with Crippen LogP contribution in [-0.4, -0.2) is 28.4 Å². The summed E-state index contributed by atoms with van der Waals surface area (Å²) in [7, 11) is 0. The smallest absolute Gasteiger partial charge is 0.0560 e. The summed E-state index contributed by atoms with van der Waals surface area (Å²) in [5.74, 6) is 0.656. The summed E-state index contributed by atoms with van der Waals surface area (Å²) in [6.07, 6.45) is 9.07. The maximum atomic E-state index is 5.85. The second kappa shape index (κ2) is 6.17. The summed E-state index contributed by atoms with van der Waals surface area (Å²) < 4.78 is 1.98. The number of rotatable bonds is 5. The monoisotopic (exact) mass is 236 g/mol. The van der Waals surface area contributed by atoms with Crippen LogP contribution in [0.2, 0.25) is 0 Å². The maximum absolute atomic E-state index is 5.85. The summed E-state index contributed by atoms with van der Waals surface area (Å²) in [5.41, 5.74) is 5.85. The molecular weight excluding hydrogens is 212 g/mol. The van der Waals surface area contributed by atoms with Gasteiger partial charge in [0.1, 0.15) is 0 Å². The molecule has 4 heteroatoms. The van der Waals surface area contributed by atoms with Gasteiger partial charge in [-0.1, -0.05) is 12.8 Å². The van der Waals surface area contributed by atoms with Gasteiger partial charge in [0.25, 0.3) is 0 Å². The van der Waals surface area contributed by atoms with Crippen LogP contribution in [0.1, 0.15) is 32.6 Å². The SMILES string of the molecule is CC(Cn1cccn1)NC1CCCCC1CN. The van der Waals surface area contributed by atoms with E-state index in [2.05, 4.69) is 17.3 Å². The molecule has 0 aliphatic heterocycles. The Morgan fingerprint density at radius 3 is 3.00 bits per heavy atom. The number of hydrogen-bond acceptors (Lipinski definition) is 3. The van der Waals surface area contributed by atoms with E-state index in [-0.39, 0.29) is 0 Å². The lowest BCUT2D eigenvalue weighted by Gasteiger charge is -2.33. The largest absolute Gasteiger partial charge is 0.330 e. The standard InChI is InChI=1S/C13H24N4/c1-11(10-17-8-4-7-15-17)16-13-6-3-2-5-12(13)9-14/h4,7-8,11-13,16H,2-3,5-6,9-10,14H2,1H3. The van der Waals surface area contributed by atoms with Crippen molar-refractivity contribution in [1.29, 1.82) is 0 Å². The van der Waals surface area contributed by atoms with Gasteiger partial charge in [0.15, 0.2) is 0 Å². The van der Waals surface area contributed by atoms with Crippen molar-refractivity contribution in [2.24, 2.45) is 11.7 Å². The van der Waals surface area contributed by atoms with Gasteiger partial charge in [-0.05, 0) is 38.3 Å². The van der Waals surface area contributed by atoms with E-state index in [9.17, 15) is 0 Å². The van der Waals surface area contributed by atoms with Gasteiger partial charge in [-0.3, -0.25) is 4.68 Å². The van der Waals surface area contributed by atoms with Crippen molar-refractivity contribution in [3.8, 4) is 0 Å². The normalized spacial score (nSPS) is 26.9. The number of hydrogen-bond donors (Lipinski definition) is 2. The third kappa shape index (κ3) is 3.54. The predicted molar refractivity (Wildman–Crippen MR) is 69.6 cm³/mol. The molecule has 3 atom stereocenters. The molecule has 1 aliphatic carbocycles. The van der Waals surface area contributed by atoms with Crippen LogP contribution in [0, 0.1) is 5.92 Å². The zero-order chi connectivity index (χ0) is 12.1. The van der Waals surface area contributed by atoms with E-state index in [1.807, 2.05) is 23.1 Å². The lowest BCUT2D eigenvalue weighted by atomic mass is 9.84. The first-order valence-corrected chi connectivity index (χ1v) is 6.73. The van der Waals surface area contributed by atoms with Gasteiger partial charge < -0.3 is 11.1 Å². The Morgan fingerprint density at radius 2 is 2.29 bits per heavy atom. The van der Waals surface area contributed by atoms with Crippen molar-refractivity contribution in [3.05, 3.63) is 18.5 Å². The second-order valence-corrected chi connectivity index (χ2v) is 5.18. The van der Waals surface area contributed by atoms with Crippen molar-refractivity contribution < 1.29 is 0 Å². The number of nitrogens with zero attached hydrogens (tertiary/aromatic N) is 2. The molecule has 0 saturated heterocycles. The zero-order valence-electron chi connectivity index (χ0n) is 10.7. The Balaban J connectivity index is 1.82. The minimum atomic E-state index is 0.451. The zero-order valence-corrected chi connectivity index (χ0v) is 10.7. The van der Waals surface area contributed by atoms with Crippen LogP contribution >= 0.6 is 0 Å². The Bertz CT molecular complexity index is 309. The van der Waals surface area contributed by atoms with Crippen LogP contribution in [0.25, 0.3) is 0 Å². The van der Waals surface area contributed by atoms with Gasteiger partial charge in [-0.25, -0.2) is 0 Å². The highest BCUT2D eigenvalue weighted by atomic mass is 15.3. The minimum absolute atomic E-state index is 0.451. The van der Waals surface area contributed by atoms with E-state index >= 15 is 0 Å². The highest BCUT2D eigenvalue weighted by molar-refractivity contribution is 4.84. The van der Waals surface area contributed by atoms with Gasteiger partial charge in [0.2, 0.25) is 0 Å². The summed E-state index contributed by atoms with van der Waals surface area (Å²) in [4.78, 5) is 0. The average molecular weight is 236 g/mol. The van der Waals surface area contributed by atoms with Crippen LogP contribution in [0.3, 0.4) is 0 Å². The first kappa shape index (κ1) is 12.6. The van der Waals surface area contributed by atoms with Crippen LogP contribution in [-0.2, 0) is 6.54 Å². The summed E-state index contributed by atoms with van der Waals surface area (Å²) in [5, 5.41) is 7.96. The molecule has 0 radical (unpaired) electrons. The molecule has 96 valence electrons. The Kier molecular flexibility index (Phi) is 4.57. The van der Waals surface area contributed by atoms with Gasteiger partial charge in [-0.15, -0.1) is 0 Å². The first-order chi connectivity index (χ1) is 8.29. The van der Waals surface area contributed by atoms with Crippen molar-refractivity contribution >= 4 is 0 Å². The molecule has 1 aromatic heterocycles. The van der Waals surface area contributed by atoms with E-state index in [1.165, 1.54) is 25.7 Å². The molecule has 1 fully saturated rings. The average Bonchev–Trinajstić information content (AvgIpc) is 2.82. The van der Waals surface area contributed by atoms with Gasteiger partial charge in [0.05, 0.1) is 6.54 Å². The summed E-state index contributed by atoms with van der Waals surface area (Å²) >= 11 is 0. The van der Waals surface area contributed by atoms with E-state index < -0.39 is 0 Å². The van der Waals surface area contributed by atoms with Gasteiger partial charge >= 0.3 is 0 Å². The van der Waals surface area contributed by atoms with Crippen LogP contribution in [0.5, 0.6) is 0 Å². The fourth-order valence-corrected chi connectivity index (χ4v) is 2.82. The van der Waals surface area contributed by atoms with Crippen LogP contribution in [0.4, 0.5) is 0 Å². The molecule has 0 bridgehead atoms. The molecule has 0 spiro atoms. The highest BCUT2D eigenvalue weighted by Crippen LogP contribution is 2.23. The molecular formula is C13H24N4. The molecule has 0 amide bonds. The molecule has 4 nitrogen and oxygen atoms in total. The second-order valence-electron chi connectivity index (χ2n) is 5.18. The Morgan fingerprint density at radius 1 is 1.47 bits per heavy atom. The number of nitrogens with two attached hydrogens (primary N) is 1. The lowest BCUT2D eigenvalue weighted by Crippen LogP contribution is -2.46. The quantitative estimate of drug-likeness (QED) is 0.812. The van der Waals surface area contributed by atoms with E-state index in [4.69, 9.17) is 5.73 Å². The van der Waals surface area contributed by atoms with Crippen molar-refractivity contribution in [2.45, 2.75) is 51.2 Å². The molecule has 1 heterocycles. The predicted octanol–water partition coefficient (Wildman–Crippen LogP) is 1.38. The molecule has 1 saturated carbocycles. The lowest BCUT2D eigenvalue weighted by molar-refractivity contribution is 0.242. The fraction of sp³-hybridized carbons (Fsp3) is 0.769. The molecule has 1 aliphatic rings. The van der Waals surface area contributed by atoms with Crippen LogP contribution in [0.15, 0.2) is 18.5 Å². The highest BCUT2D eigenvalue weighted by Gasteiger charge is 2.24. The molecule has 17 heavy (non-hydrogen) atoms. The number of nitrogens with one attached hydrogen (secondary N) is 1. The van der Waals surface area contributed by atoms with Crippen molar-refractivity contribution in [1.82, 2.24) is 15.1 Å². The van der Waals surface area contributed by atoms with E-state index in [0.717, 1.165) is 13.1 Å². The van der Waals surface area contributed by atoms with Crippen molar-refractivity contribution in [2.75, 3.05) is 6.54 Å². The van der Waals surface area contributed by atoms with Crippen LogP contribution < -0.4 is 11.1 Å². The first-order valence-electron chi connectivity index (χ1n) is 6.73. The minimum Gasteiger partial charge on any atom is -0.330 e. The molecule has 3 unspecified atom stereocenters. The third-order valence-corrected chi connectivity index (χ3v) is 3.73. The molecule has 3 N–H and O–H groups in total. The van der Waals surface area contributed by atoms with E-state index in [0.29, 0.717) is 18.0 Å². The van der Waals surface area contributed by atoms with Gasteiger partial charge in [0, 0.05) is 24.5 Å². The Labute approximate surface area is 104 Å². The molecule has 2 rings (SSSR count). The molecule has 0 aromatic carbocycles. The van der Waals surface area contributed by atoms with E-state index in [1.54, 1.807) is 0 Å². The topological polar surface area (TPSA) is 55.9 Å². The summed E-state index contributed by atoms with van der Waals surface area (Å²) in [6, 6.07) is 3.02. The maximum Gasteiger partial charge on any atom is 0.0560 e. The Hall–Kier alpha value is -0.870.